The molecule has 1 aliphatic carbocycles. The molecule has 6 heteroatoms. The van der Waals surface area contributed by atoms with Crippen LogP contribution in [0.1, 0.15) is 104 Å². The molecular formula is C24H42N2O4. The second-order valence-electron chi connectivity index (χ2n) is 8.29. The summed E-state index contributed by atoms with van der Waals surface area (Å²) >= 11 is 0. The number of hydrogen-bond donors (Lipinski definition) is 2. The van der Waals surface area contributed by atoms with Gasteiger partial charge >= 0.3 is 11.9 Å². The summed E-state index contributed by atoms with van der Waals surface area (Å²) in [7, 11) is 0. The number of carbonyl (C=O) groups excluding carboxylic acids is 2. The van der Waals surface area contributed by atoms with Gasteiger partial charge in [0.05, 0.1) is 0 Å². The van der Waals surface area contributed by atoms with Gasteiger partial charge in [0, 0.05) is 12.8 Å². The van der Waals surface area contributed by atoms with Crippen LogP contribution >= 0.6 is 0 Å². The maximum atomic E-state index is 12.3. The number of carbonyl (C=O) groups is 2. The molecule has 2 unspecified atom stereocenters. The molecule has 0 aliphatic heterocycles. The Bertz CT molecular complexity index is 526. The van der Waals surface area contributed by atoms with Crippen LogP contribution in [0.25, 0.3) is 0 Å². The lowest BCUT2D eigenvalue weighted by atomic mass is 9.95. The number of unbranched alkanes of at least 4 members (excludes halogenated alkanes) is 10. The third kappa shape index (κ3) is 9.43. The van der Waals surface area contributed by atoms with E-state index in [4.69, 9.17) is 20.9 Å². The van der Waals surface area contributed by atoms with E-state index in [1.807, 2.05) is 0 Å². The van der Waals surface area contributed by atoms with Gasteiger partial charge in [0.25, 0.3) is 0 Å². The Kier molecular flexibility index (Phi) is 12.6. The van der Waals surface area contributed by atoms with Crippen molar-refractivity contribution < 1.29 is 19.1 Å². The predicted octanol–water partition coefficient (Wildman–Crippen LogP) is 5.01. The molecule has 172 valence electrons. The molecule has 4 N–H and O–H groups in total. The molecule has 0 amide bonds. The first-order valence-electron chi connectivity index (χ1n) is 11.8. The first-order valence-corrected chi connectivity index (χ1v) is 11.8. The van der Waals surface area contributed by atoms with Crippen molar-refractivity contribution in [1.82, 2.24) is 0 Å². The van der Waals surface area contributed by atoms with Crippen LogP contribution in [0.3, 0.4) is 0 Å². The van der Waals surface area contributed by atoms with Crippen molar-refractivity contribution in [2.24, 2.45) is 11.5 Å². The van der Waals surface area contributed by atoms with Crippen LogP contribution in [0, 0.1) is 0 Å². The zero-order valence-corrected chi connectivity index (χ0v) is 19.0. The smallest absolute Gasteiger partial charge is 0.308 e. The van der Waals surface area contributed by atoms with Crippen LogP contribution in [0.15, 0.2) is 24.3 Å². The Morgan fingerprint density at radius 3 is 1.33 bits per heavy atom. The average Bonchev–Trinajstić information content (AvgIpc) is 2.70. The fraction of sp³-hybridized carbons (Fsp3) is 0.750. The van der Waals surface area contributed by atoms with Crippen molar-refractivity contribution in [3.63, 3.8) is 0 Å². The summed E-state index contributed by atoms with van der Waals surface area (Å²) in [6.45, 7) is 4.34. The van der Waals surface area contributed by atoms with Gasteiger partial charge in [-0.25, -0.2) is 0 Å². The van der Waals surface area contributed by atoms with Gasteiger partial charge in [-0.05, 0) is 25.0 Å². The van der Waals surface area contributed by atoms with Gasteiger partial charge in [0.1, 0.15) is 0 Å². The summed E-state index contributed by atoms with van der Waals surface area (Å²) in [5, 5.41) is 0. The molecule has 0 aromatic carbocycles. The normalized spacial score (nSPS) is 22.8. The van der Waals surface area contributed by atoms with Crippen molar-refractivity contribution in [1.29, 1.82) is 0 Å². The molecule has 30 heavy (non-hydrogen) atoms. The first-order chi connectivity index (χ1) is 14.4. The highest BCUT2D eigenvalue weighted by atomic mass is 16.6. The lowest BCUT2D eigenvalue weighted by Gasteiger charge is -2.41. The van der Waals surface area contributed by atoms with Crippen LogP contribution in [-0.4, -0.2) is 23.4 Å². The quantitative estimate of drug-likeness (QED) is 0.206. The molecule has 2 atom stereocenters. The van der Waals surface area contributed by atoms with E-state index in [-0.39, 0.29) is 12.8 Å². The van der Waals surface area contributed by atoms with E-state index in [2.05, 4.69) is 13.8 Å². The van der Waals surface area contributed by atoms with E-state index in [0.29, 0.717) is 0 Å². The summed E-state index contributed by atoms with van der Waals surface area (Å²) < 4.78 is 11.0. The largest absolute Gasteiger partial charge is 0.434 e. The maximum Gasteiger partial charge on any atom is 0.308 e. The van der Waals surface area contributed by atoms with Gasteiger partial charge in [-0.1, -0.05) is 90.2 Å². The molecular weight excluding hydrogens is 380 g/mol. The predicted molar refractivity (Wildman–Crippen MR) is 120 cm³/mol. The Morgan fingerprint density at radius 1 is 0.633 bits per heavy atom. The van der Waals surface area contributed by atoms with Crippen molar-refractivity contribution in [2.75, 3.05) is 0 Å². The number of esters is 2. The van der Waals surface area contributed by atoms with Gasteiger partial charge in [-0.3, -0.25) is 21.1 Å². The fourth-order valence-corrected chi connectivity index (χ4v) is 3.46. The number of ether oxygens (including phenoxy) is 2. The molecule has 1 rings (SSSR count). The standard InChI is InChI=1S/C24H42N2O4/c1-3-5-7-9-11-13-17-21(27)29-23(25)19-15-16-20-24(23,26)30-22(28)18-14-12-10-8-6-4-2/h15-16,19-20H,3-14,17-18,25-26H2,1-2H3. The number of rotatable bonds is 16. The molecule has 0 saturated heterocycles. The van der Waals surface area contributed by atoms with Gasteiger partial charge < -0.3 is 9.47 Å². The highest BCUT2D eigenvalue weighted by Crippen LogP contribution is 2.29. The van der Waals surface area contributed by atoms with Crippen molar-refractivity contribution >= 4 is 11.9 Å². The van der Waals surface area contributed by atoms with Crippen molar-refractivity contribution in [2.45, 2.75) is 115 Å². The van der Waals surface area contributed by atoms with Gasteiger partial charge in [0.2, 0.25) is 11.4 Å². The highest BCUT2D eigenvalue weighted by molar-refractivity contribution is 5.72. The van der Waals surface area contributed by atoms with Crippen LogP contribution < -0.4 is 11.5 Å². The molecule has 0 aromatic heterocycles. The van der Waals surface area contributed by atoms with Crippen molar-refractivity contribution in [3.05, 3.63) is 24.3 Å². The first kappa shape index (κ1) is 26.4. The zero-order chi connectivity index (χ0) is 22.3. The minimum atomic E-state index is -1.71. The number of nitrogens with two attached hydrogens (primary N) is 2. The molecule has 0 radical (unpaired) electrons. The van der Waals surface area contributed by atoms with Gasteiger partial charge in [0.15, 0.2) is 0 Å². The van der Waals surface area contributed by atoms with Gasteiger partial charge in [-0.2, -0.15) is 0 Å². The highest BCUT2D eigenvalue weighted by Gasteiger charge is 2.50. The Hall–Kier alpha value is -1.66. The van der Waals surface area contributed by atoms with Crippen molar-refractivity contribution in [3.8, 4) is 0 Å². The SMILES string of the molecule is CCCCCCCCC(=O)OC1(N)C=CC=CC1(N)OC(=O)CCCCCCCC. The average molecular weight is 423 g/mol. The van der Waals surface area contributed by atoms with Crippen LogP contribution in [0.5, 0.6) is 0 Å². The third-order valence-electron chi connectivity index (χ3n) is 5.44. The van der Waals surface area contributed by atoms with E-state index < -0.39 is 23.4 Å². The molecule has 0 fully saturated rings. The summed E-state index contributed by atoms with van der Waals surface area (Å²) in [6, 6.07) is 0. The summed E-state index contributed by atoms with van der Waals surface area (Å²) in [4.78, 5) is 24.6. The van der Waals surface area contributed by atoms with E-state index in [1.165, 1.54) is 50.7 Å². The minimum Gasteiger partial charge on any atom is -0.434 e. The fourth-order valence-electron chi connectivity index (χ4n) is 3.46. The van der Waals surface area contributed by atoms with Crippen LogP contribution in [0.2, 0.25) is 0 Å². The minimum absolute atomic E-state index is 0.268. The van der Waals surface area contributed by atoms with E-state index in [9.17, 15) is 9.59 Å². The molecule has 0 heterocycles. The van der Waals surface area contributed by atoms with E-state index >= 15 is 0 Å². The molecule has 1 aliphatic rings. The molecule has 0 bridgehead atoms. The lowest BCUT2D eigenvalue weighted by Crippen LogP contribution is -2.68. The van der Waals surface area contributed by atoms with Crippen LogP contribution in [-0.2, 0) is 19.1 Å². The lowest BCUT2D eigenvalue weighted by molar-refractivity contribution is -0.192. The summed E-state index contributed by atoms with van der Waals surface area (Å²) in [5.74, 6) is -0.871. The zero-order valence-electron chi connectivity index (χ0n) is 19.0. The molecule has 0 spiro atoms. The third-order valence-corrected chi connectivity index (χ3v) is 5.44. The Morgan fingerprint density at radius 2 is 0.967 bits per heavy atom. The van der Waals surface area contributed by atoms with E-state index in [0.717, 1.165) is 38.5 Å². The Labute approximate surface area is 182 Å². The Balaban J connectivity index is 2.48. The number of allylic oxidation sites excluding steroid dienone is 2. The molecule has 0 aromatic rings. The molecule has 6 nitrogen and oxygen atoms in total. The second kappa shape index (κ2) is 14.4. The van der Waals surface area contributed by atoms with Crippen LogP contribution in [0.4, 0.5) is 0 Å². The molecule has 0 saturated carbocycles. The topological polar surface area (TPSA) is 105 Å². The number of hydrogen-bond acceptors (Lipinski definition) is 6. The van der Waals surface area contributed by atoms with Gasteiger partial charge in [-0.15, -0.1) is 0 Å². The monoisotopic (exact) mass is 422 g/mol. The maximum absolute atomic E-state index is 12.3. The van der Waals surface area contributed by atoms with E-state index in [1.54, 1.807) is 12.2 Å². The summed E-state index contributed by atoms with van der Waals surface area (Å²) in [6.07, 6.45) is 19.6. The second-order valence-corrected chi connectivity index (χ2v) is 8.29. The summed E-state index contributed by atoms with van der Waals surface area (Å²) in [5.41, 5.74) is 9.15.